The number of rotatable bonds is 3. The van der Waals surface area contributed by atoms with E-state index in [-0.39, 0.29) is 17.6 Å². The van der Waals surface area contributed by atoms with Crippen LogP contribution in [-0.2, 0) is 0 Å². The topological polar surface area (TPSA) is 38.1 Å². The predicted molar refractivity (Wildman–Crippen MR) is 91.6 cm³/mol. The van der Waals surface area contributed by atoms with Gasteiger partial charge in [0.1, 0.15) is 11.6 Å². The van der Waals surface area contributed by atoms with E-state index < -0.39 is 0 Å². The average molecular weight is 329 g/mol. The van der Waals surface area contributed by atoms with Crippen molar-refractivity contribution in [2.45, 2.75) is 45.6 Å². The second-order valence-electron chi connectivity index (χ2n) is 6.84. The molecule has 1 aromatic carbocycles. The van der Waals surface area contributed by atoms with Gasteiger partial charge in [-0.2, -0.15) is 0 Å². The fourth-order valence-corrected chi connectivity index (χ4v) is 3.41. The Morgan fingerprint density at radius 1 is 1.38 bits per heavy atom. The van der Waals surface area contributed by atoms with Gasteiger partial charge in [0.2, 0.25) is 0 Å². The molecule has 0 unspecified atom stereocenters. The van der Waals surface area contributed by atoms with Gasteiger partial charge in [0.15, 0.2) is 0 Å². The van der Waals surface area contributed by atoms with Crippen LogP contribution in [0.3, 0.4) is 0 Å². The van der Waals surface area contributed by atoms with Crippen molar-refractivity contribution < 1.29 is 9.18 Å². The van der Waals surface area contributed by atoms with Crippen LogP contribution in [0.15, 0.2) is 30.6 Å². The molecule has 3 rings (SSSR count). The molecule has 0 radical (unpaired) electrons. The Balaban J connectivity index is 1.79. The van der Waals surface area contributed by atoms with Crippen molar-refractivity contribution >= 4 is 5.91 Å². The van der Waals surface area contributed by atoms with E-state index in [0.717, 1.165) is 25.2 Å². The highest BCUT2D eigenvalue weighted by Crippen LogP contribution is 2.28. The number of aryl methyl sites for hydroxylation is 1. The van der Waals surface area contributed by atoms with Crippen molar-refractivity contribution in [1.29, 1.82) is 0 Å². The standard InChI is InChI=1S/C19H24FN3O/c1-13(2)23-10-8-21-18(23)16-5-4-9-22(12-16)19(24)15-6-7-17(20)14(3)11-15/h6-8,10-11,13,16H,4-5,9,12H2,1-3H3/t16-/m0/s1. The Kier molecular flexibility index (Phi) is 4.69. The van der Waals surface area contributed by atoms with Crippen LogP contribution in [0.2, 0.25) is 0 Å². The minimum Gasteiger partial charge on any atom is -0.338 e. The normalized spacial score (nSPS) is 18.2. The van der Waals surface area contributed by atoms with Gasteiger partial charge in [0.05, 0.1) is 0 Å². The van der Waals surface area contributed by atoms with E-state index >= 15 is 0 Å². The third-order valence-electron chi connectivity index (χ3n) is 4.73. The molecule has 0 bridgehead atoms. The first-order valence-corrected chi connectivity index (χ1v) is 8.55. The molecule has 1 aliphatic rings. The molecular weight excluding hydrogens is 305 g/mol. The molecule has 2 aromatic rings. The van der Waals surface area contributed by atoms with Gasteiger partial charge < -0.3 is 9.47 Å². The van der Waals surface area contributed by atoms with Crippen LogP contribution in [0.1, 0.15) is 60.4 Å². The fraction of sp³-hybridized carbons (Fsp3) is 0.474. The Hall–Kier alpha value is -2.17. The lowest BCUT2D eigenvalue weighted by molar-refractivity contribution is 0.0703. The van der Waals surface area contributed by atoms with E-state index in [0.29, 0.717) is 23.7 Å². The summed E-state index contributed by atoms with van der Waals surface area (Å²) in [7, 11) is 0. The Morgan fingerprint density at radius 3 is 2.88 bits per heavy atom. The molecule has 1 atom stereocenters. The third kappa shape index (κ3) is 3.21. The number of halogens is 1. The SMILES string of the molecule is Cc1cc(C(=O)N2CCC[C@H](c3nccn3C(C)C)C2)ccc1F. The second-order valence-corrected chi connectivity index (χ2v) is 6.84. The van der Waals surface area contributed by atoms with E-state index in [9.17, 15) is 9.18 Å². The molecule has 24 heavy (non-hydrogen) atoms. The predicted octanol–water partition coefficient (Wildman–Crippen LogP) is 3.93. The number of benzene rings is 1. The van der Waals surface area contributed by atoms with Gasteiger partial charge in [-0.1, -0.05) is 0 Å². The monoisotopic (exact) mass is 329 g/mol. The second kappa shape index (κ2) is 6.75. The highest BCUT2D eigenvalue weighted by atomic mass is 19.1. The highest BCUT2D eigenvalue weighted by molar-refractivity contribution is 5.94. The summed E-state index contributed by atoms with van der Waals surface area (Å²) in [6.07, 6.45) is 5.83. The van der Waals surface area contributed by atoms with Crippen LogP contribution in [0.4, 0.5) is 4.39 Å². The van der Waals surface area contributed by atoms with Gasteiger partial charge in [0.25, 0.3) is 5.91 Å². The Morgan fingerprint density at radius 2 is 2.17 bits per heavy atom. The molecule has 1 fully saturated rings. The largest absolute Gasteiger partial charge is 0.338 e. The van der Waals surface area contributed by atoms with Crippen LogP contribution >= 0.6 is 0 Å². The summed E-state index contributed by atoms with van der Waals surface area (Å²) in [5.41, 5.74) is 1.06. The fourth-order valence-electron chi connectivity index (χ4n) is 3.41. The number of likely N-dealkylation sites (tertiary alicyclic amines) is 1. The number of aromatic nitrogens is 2. The lowest BCUT2D eigenvalue weighted by Gasteiger charge is -2.33. The van der Waals surface area contributed by atoms with E-state index in [1.165, 1.54) is 6.07 Å². The number of carbonyl (C=O) groups is 1. The van der Waals surface area contributed by atoms with Crippen molar-refractivity contribution in [2.75, 3.05) is 13.1 Å². The zero-order valence-electron chi connectivity index (χ0n) is 14.5. The smallest absolute Gasteiger partial charge is 0.253 e. The Labute approximate surface area is 142 Å². The van der Waals surface area contributed by atoms with E-state index in [1.54, 1.807) is 19.1 Å². The van der Waals surface area contributed by atoms with E-state index in [4.69, 9.17) is 0 Å². The molecule has 0 saturated carbocycles. The molecule has 5 heteroatoms. The number of piperidine rings is 1. The molecule has 0 N–H and O–H groups in total. The van der Waals surface area contributed by atoms with Crippen LogP contribution < -0.4 is 0 Å². The summed E-state index contributed by atoms with van der Waals surface area (Å²) in [6, 6.07) is 4.93. The number of hydrogen-bond acceptors (Lipinski definition) is 2. The summed E-state index contributed by atoms with van der Waals surface area (Å²) in [6.45, 7) is 7.37. The molecule has 0 spiro atoms. The maximum atomic E-state index is 13.4. The molecule has 1 saturated heterocycles. The minimum atomic E-state index is -0.276. The van der Waals surface area contributed by atoms with Crippen molar-refractivity contribution in [3.8, 4) is 0 Å². The quantitative estimate of drug-likeness (QED) is 0.856. The maximum absolute atomic E-state index is 13.4. The molecule has 128 valence electrons. The van der Waals surface area contributed by atoms with E-state index in [1.807, 2.05) is 17.3 Å². The molecular formula is C19H24FN3O. The molecule has 1 aromatic heterocycles. The highest BCUT2D eigenvalue weighted by Gasteiger charge is 2.28. The van der Waals surface area contributed by atoms with Crippen molar-refractivity contribution in [3.63, 3.8) is 0 Å². The van der Waals surface area contributed by atoms with Crippen molar-refractivity contribution in [3.05, 3.63) is 53.4 Å². The first-order valence-electron chi connectivity index (χ1n) is 8.55. The van der Waals surface area contributed by atoms with Crippen LogP contribution in [-0.4, -0.2) is 33.4 Å². The lowest BCUT2D eigenvalue weighted by Crippen LogP contribution is -2.39. The molecule has 4 nitrogen and oxygen atoms in total. The zero-order chi connectivity index (χ0) is 17.3. The van der Waals surface area contributed by atoms with E-state index in [2.05, 4.69) is 23.4 Å². The molecule has 0 aliphatic carbocycles. The van der Waals surface area contributed by atoms with Gasteiger partial charge in [-0.3, -0.25) is 4.79 Å². The average Bonchev–Trinajstić information content (AvgIpc) is 3.07. The minimum absolute atomic E-state index is 0.0227. The van der Waals surface area contributed by atoms with Gasteiger partial charge >= 0.3 is 0 Å². The van der Waals surface area contributed by atoms with Gasteiger partial charge in [0, 0.05) is 43.0 Å². The Bertz CT molecular complexity index is 738. The maximum Gasteiger partial charge on any atom is 0.253 e. The lowest BCUT2D eigenvalue weighted by atomic mass is 9.96. The first-order chi connectivity index (χ1) is 11.5. The van der Waals surface area contributed by atoms with Gasteiger partial charge in [-0.25, -0.2) is 9.37 Å². The molecule has 2 heterocycles. The number of nitrogens with zero attached hydrogens (tertiary/aromatic N) is 3. The van der Waals surface area contributed by atoms with Crippen LogP contribution in [0, 0.1) is 12.7 Å². The summed E-state index contributed by atoms with van der Waals surface area (Å²) in [5, 5.41) is 0. The van der Waals surface area contributed by atoms with Crippen LogP contribution in [0.5, 0.6) is 0 Å². The summed E-state index contributed by atoms with van der Waals surface area (Å²) in [4.78, 5) is 19.2. The number of imidazole rings is 1. The zero-order valence-corrected chi connectivity index (χ0v) is 14.5. The molecule has 1 amide bonds. The number of hydrogen-bond donors (Lipinski definition) is 0. The number of carbonyl (C=O) groups excluding carboxylic acids is 1. The summed E-state index contributed by atoms with van der Waals surface area (Å²) >= 11 is 0. The third-order valence-corrected chi connectivity index (χ3v) is 4.73. The summed E-state index contributed by atoms with van der Waals surface area (Å²) in [5.74, 6) is 1.01. The first kappa shape index (κ1) is 16.7. The summed E-state index contributed by atoms with van der Waals surface area (Å²) < 4.78 is 15.6. The number of amides is 1. The van der Waals surface area contributed by atoms with Gasteiger partial charge in [-0.15, -0.1) is 0 Å². The van der Waals surface area contributed by atoms with Crippen molar-refractivity contribution in [1.82, 2.24) is 14.5 Å². The van der Waals surface area contributed by atoms with Crippen molar-refractivity contribution in [2.24, 2.45) is 0 Å². The van der Waals surface area contributed by atoms with Crippen LogP contribution in [0.25, 0.3) is 0 Å². The van der Waals surface area contributed by atoms with Gasteiger partial charge in [-0.05, 0) is 57.4 Å². The molecule has 1 aliphatic heterocycles.